The molecule has 21 heavy (non-hydrogen) atoms. The molecular weight excluding hydrogens is 276 g/mol. The minimum absolute atomic E-state index is 0.00589. The van der Waals surface area contributed by atoms with Crippen molar-refractivity contribution in [1.29, 1.82) is 0 Å². The van der Waals surface area contributed by atoms with E-state index in [0.29, 0.717) is 18.8 Å². The highest BCUT2D eigenvalue weighted by Crippen LogP contribution is 2.31. The summed E-state index contributed by atoms with van der Waals surface area (Å²) in [4.78, 5) is 24.2. The van der Waals surface area contributed by atoms with Crippen molar-refractivity contribution >= 4 is 17.3 Å². The van der Waals surface area contributed by atoms with Crippen molar-refractivity contribution in [2.45, 2.75) is 26.1 Å². The molecule has 0 N–H and O–H groups in total. The smallest absolute Gasteiger partial charge is 0.338 e. The molecule has 1 aliphatic rings. The predicted octanol–water partition coefficient (Wildman–Crippen LogP) is 1.99. The lowest BCUT2D eigenvalue weighted by Gasteiger charge is -2.36. The van der Waals surface area contributed by atoms with Crippen LogP contribution in [0, 0.1) is 10.1 Å². The second-order valence-electron chi connectivity index (χ2n) is 5.11. The lowest BCUT2D eigenvalue weighted by Crippen LogP contribution is -2.45. The van der Waals surface area contributed by atoms with Crippen LogP contribution in [0.1, 0.15) is 24.2 Å². The number of carbonyl (C=O) groups is 1. The van der Waals surface area contributed by atoms with E-state index in [9.17, 15) is 14.9 Å². The number of nitro benzene ring substituents is 1. The third-order valence-corrected chi connectivity index (χ3v) is 3.35. The molecule has 1 aromatic carbocycles. The van der Waals surface area contributed by atoms with Crippen molar-refractivity contribution in [2.24, 2.45) is 0 Å². The third-order valence-electron chi connectivity index (χ3n) is 3.35. The monoisotopic (exact) mass is 294 g/mol. The molecule has 1 saturated heterocycles. The van der Waals surface area contributed by atoms with Crippen molar-refractivity contribution < 1.29 is 19.2 Å². The molecule has 0 unspecified atom stereocenters. The molecule has 2 atom stereocenters. The molecule has 1 aromatic rings. The molecule has 7 nitrogen and oxygen atoms in total. The van der Waals surface area contributed by atoms with E-state index in [4.69, 9.17) is 4.74 Å². The summed E-state index contributed by atoms with van der Waals surface area (Å²) in [5.41, 5.74) is 0.566. The van der Waals surface area contributed by atoms with Crippen LogP contribution in [0.4, 0.5) is 11.4 Å². The molecule has 0 saturated carbocycles. The summed E-state index contributed by atoms with van der Waals surface area (Å²) < 4.78 is 10.2. The summed E-state index contributed by atoms with van der Waals surface area (Å²) in [7, 11) is 1.24. The molecule has 2 rings (SSSR count). The van der Waals surface area contributed by atoms with Crippen LogP contribution in [0.15, 0.2) is 18.2 Å². The summed E-state index contributed by atoms with van der Waals surface area (Å²) in [5.74, 6) is -0.589. The van der Waals surface area contributed by atoms with Gasteiger partial charge in [0.05, 0.1) is 29.8 Å². The minimum Gasteiger partial charge on any atom is -0.465 e. The Kier molecular flexibility index (Phi) is 4.42. The summed E-state index contributed by atoms with van der Waals surface area (Å²) in [6, 6.07) is 4.39. The Hall–Kier alpha value is -2.15. The molecule has 0 aromatic heterocycles. The molecule has 0 radical (unpaired) electrons. The number of anilines is 1. The number of morpholine rings is 1. The second-order valence-corrected chi connectivity index (χ2v) is 5.11. The average Bonchev–Trinajstić information content (AvgIpc) is 2.44. The number of benzene rings is 1. The fourth-order valence-electron chi connectivity index (χ4n) is 2.56. The zero-order valence-corrected chi connectivity index (χ0v) is 12.2. The molecular formula is C14H18N2O5. The summed E-state index contributed by atoms with van der Waals surface area (Å²) in [5, 5.41) is 11.3. The Balaban J connectivity index is 2.38. The molecule has 1 aliphatic heterocycles. The Morgan fingerprint density at radius 2 is 2.00 bits per heavy atom. The van der Waals surface area contributed by atoms with E-state index in [-0.39, 0.29) is 23.5 Å². The number of nitrogens with zero attached hydrogens (tertiary/aromatic N) is 2. The van der Waals surface area contributed by atoms with Gasteiger partial charge in [0.25, 0.3) is 5.69 Å². The van der Waals surface area contributed by atoms with Gasteiger partial charge < -0.3 is 14.4 Å². The minimum atomic E-state index is -0.589. The summed E-state index contributed by atoms with van der Waals surface area (Å²) in [6.45, 7) is 5.00. The van der Waals surface area contributed by atoms with Gasteiger partial charge in [-0.2, -0.15) is 0 Å². The van der Waals surface area contributed by atoms with Crippen LogP contribution in [0.3, 0.4) is 0 Å². The maximum Gasteiger partial charge on any atom is 0.338 e. The van der Waals surface area contributed by atoms with Crippen molar-refractivity contribution in [1.82, 2.24) is 0 Å². The normalized spacial score (nSPS) is 22.0. The van der Waals surface area contributed by atoms with Gasteiger partial charge in [-0.05, 0) is 26.0 Å². The number of hydrogen-bond donors (Lipinski definition) is 0. The predicted molar refractivity (Wildman–Crippen MR) is 76.7 cm³/mol. The Morgan fingerprint density at radius 1 is 1.38 bits per heavy atom. The second kappa shape index (κ2) is 6.09. The Labute approximate surface area is 122 Å². The maximum absolute atomic E-state index is 11.5. The number of carbonyl (C=O) groups excluding carboxylic acids is 1. The van der Waals surface area contributed by atoms with E-state index in [0.717, 1.165) is 0 Å². The van der Waals surface area contributed by atoms with Crippen LogP contribution >= 0.6 is 0 Å². The molecule has 0 aliphatic carbocycles. The van der Waals surface area contributed by atoms with Crippen LogP contribution in [-0.2, 0) is 9.47 Å². The van der Waals surface area contributed by atoms with E-state index in [1.165, 1.54) is 13.2 Å². The molecule has 0 amide bonds. The molecule has 0 bridgehead atoms. The van der Waals surface area contributed by atoms with Gasteiger partial charge in [0.2, 0.25) is 0 Å². The highest BCUT2D eigenvalue weighted by molar-refractivity contribution is 5.91. The topological polar surface area (TPSA) is 81.9 Å². The largest absolute Gasteiger partial charge is 0.465 e. The first-order chi connectivity index (χ1) is 9.92. The number of esters is 1. The number of ether oxygens (including phenoxy) is 2. The fourth-order valence-corrected chi connectivity index (χ4v) is 2.56. The molecule has 114 valence electrons. The zero-order chi connectivity index (χ0) is 15.6. The zero-order valence-electron chi connectivity index (χ0n) is 12.2. The van der Waals surface area contributed by atoms with Gasteiger partial charge in [-0.25, -0.2) is 4.79 Å². The van der Waals surface area contributed by atoms with Crippen molar-refractivity contribution in [2.75, 3.05) is 25.1 Å². The fraction of sp³-hybridized carbons (Fsp3) is 0.500. The lowest BCUT2D eigenvalue weighted by molar-refractivity contribution is -0.384. The first-order valence-corrected chi connectivity index (χ1v) is 6.69. The molecule has 7 heteroatoms. The number of rotatable bonds is 3. The summed E-state index contributed by atoms with van der Waals surface area (Å²) in [6.07, 6.45) is -0.0118. The van der Waals surface area contributed by atoms with Gasteiger partial charge in [-0.3, -0.25) is 10.1 Å². The van der Waals surface area contributed by atoms with Gasteiger partial charge in [0.15, 0.2) is 0 Å². The van der Waals surface area contributed by atoms with Crippen LogP contribution in [0.5, 0.6) is 0 Å². The molecule has 0 spiro atoms. The van der Waals surface area contributed by atoms with Crippen molar-refractivity contribution in [3.63, 3.8) is 0 Å². The van der Waals surface area contributed by atoms with Gasteiger partial charge in [0, 0.05) is 19.2 Å². The standard InChI is InChI=1S/C14H18N2O5/c1-9-7-15(8-10(2)21-9)12-5-4-11(14(17)20-3)6-13(12)16(18)19/h4-6,9-10H,7-8H2,1-3H3/t9-,10-/m1/s1. The first kappa shape index (κ1) is 15.2. The van der Waals surface area contributed by atoms with Crippen LogP contribution < -0.4 is 4.90 Å². The molecule has 1 fully saturated rings. The maximum atomic E-state index is 11.5. The van der Waals surface area contributed by atoms with Crippen LogP contribution in [0.25, 0.3) is 0 Å². The van der Waals surface area contributed by atoms with E-state index in [2.05, 4.69) is 4.74 Å². The number of nitro groups is 1. The number of hydrogen-bond acceptors (Lipinski definition) is 6. The average molecular weight is 294 g/mol. The lowest BCUT2D eigenvalue weighted by atomic mass is 10.1. The van der Waals surface area contributed by atoms with Gasteiger partial charge >= 0.3 is 5.97 Å². The van der Waals surface area contributed by atoms with Crippen LogP contribution in [-0.4, -0.2) is 43.3 Å². The van der Waals surface area contributed by atoms with Gasteiger partial charge in [0.1, 0.15) is 5.69 Å². The van der Waals surface area contributed by atoms with Crippen LogP contribution in [0.2, 0.25) is 0 Å². The first-order valence-electron chi connectivity index (χ1n) is 6.69. The van der Waals surface area contributed by atoms with Crippen molar-refractivity contribution in [3.05, 3.63) is 33.9 Å². The SMILES string of the molecule is COC(=O)c1ccc(N2C[C@@H](C)O[C@H](C)C2)c([N+](=O)[O-])c1. The van der Waals surface area contributed by atoms with E-state index >= 15 is 0 Å². The summed E-state index contributed by atoms with van der Waals surface area (Å²) >= 11 is 0. The quantitative estimate of drug-likeness (QED) is 0.482. The van der Waals surface area contributed by atoms with E-state index in [1.54, 1.807) is 12.1 Å². The highest BCUT2D eigenvalue weighted by atomic mass is 16.6. The van der Waals surface area contributed by atoms with Crippen molar-refractivity contribution in [3.8, 4) is 0 Å². The van der Waals surface area contributed by atoms with Gasteiger partial charge in [-0.15, -0.1) is 0 Å². The Morgan fingerprint density at radius 3 is 2.52 bits per heavy atom. The van der Waals surface area contributed by atoms with E-state index in [1.807, 2.05) is 18.7 Å². The molecule has 1 heterocycles. The van der Waals surface area contributed by atoms with Gasteiger partial charge in [-0.1, -0.05) is 0 Å². The van der Waals surface area contributed by atoms with E-state index < -0.39 is 10.9 Å². The Bertz CT molecular complexity index is 550. The highest BCUT2D eigenvalue weighted by Gasteiger charge is 2.28. The third kappa shape index (κ3) is 3.30. The number of methoxy groups -OCH3 is 1.